The third kappa shape index (κ3) is 1.86. The van der Waals surface area contributed by atoms with Crippen LogP contribution in [0.5, 0.6) is 5.75 Å². The van der Waals surface area contributed by atoms with Crippen LogP contribution in [0.3, 0.4) is 0 Å². The van der Waals surface area contributed by atoms with E-state index in [1.165, 1.54) is 0 Å². The maximum absolute atomic E-state index is 12.4. The highest BCUT2D eigenvalue weighted by Crippen LogP contribution is 2.42. The minimum Gasteiger partial charge on any atom is -0.507 e. The van der Waals surface area contributed by atoms with E-state index >= 15 is 0 Å². The quantitative estimate of drug-likeness (QED) is 0.609. The summed E-state index contributed by atoms with van der Waals surface area (Å²) in [7, 11) is 0. The van der Waals surface area contributed by atoms with Crippen LogP contribution in [0.1, 0.15) is 38.9 Å². The number of phenolic OH excluding ortho intramolecular Hbond substituents is 1. The van der Waals surface area contributed by atoms with Crippen LogP contribution in [-0.4, -0.2) is 5.11 Å². The van der Waals surface area contributed by atoms with Gasteiger partial charge in [-0.1, -0.05) is 0 Å². The van der Waals surface area contributed by atoms with E-state index in [-0.39, 0.29) is 11.2 Å². The number of fused-ring (bicyclic) bond motifs is 2. The average molecular weight is 310 g/mol. The van der Waals surface area contributed by atoms with Gasteiger partial charge in [0.25, 0.3) is 0 Å². The molecule has 0 bridgehead atoms. The van der Waals surface area contributed by atoms with Crippen LogP contribution in [-0.2, 0) is 0 Å². The van der Waals surface area contributed by atoms with Gasteiger partial charge in [0.15, 0.2) is 5.43 Å². The maximum atomic E-state index is 12.4. The molecule has 0 saturated carbocycles. The van der Waals surface area contributed by atoms with Crippen molar-refractivity contribution in [2.24, 2.45) is 0 Å². The van der Waals surface area contributed by atoms with Crippen molar-refractivity contribution >= 4 is 11.0 Å². The standard InChI is InChI=1S/C20H22O3/c1-8-10(3)17(21)13(6)19-15(8)12(5)16-9(2)11(4)18(22)14(7)20(16)23-19/h21H,1-7H3. The molecular formula is C20H22O3. The Hall–Kier alpha value is -2.29. The van der Waals surface area contributed by atoms with E-state index in [1.807, 2.05) is 41.5 Å². The van der Waals surface area contributed by atoms with Crippen LogP contribution in [0.2, 0.25) is 0 Å². The molecular weight excluding hydrogens is 288 g/mol. The van der Waals surface area contributed by atoms with Gasteiger partial charge in [0.05, 0.1) is 0 Å². The van der Waals surface area contributed by atoms with Crippen LogP contribution in [0, 0.1) is 48.5 Å². The zero-order valence-corrected chi connectivity index (χ0v) is 14.8. The molecule has 1 aliphatic carbocycles. The molecule has 120 valence electrons. The number of aryl methyl sites for hydroxylation is 3. The first-order valence-electron chi connectivity index (χ1n) is 7.84. The van der Waals surface area contributed by atoms with Crippen molar-refractivity contribution in [3.8, 4) is 17.1 Å². The van der Waals surface area contributed by atoms with E-state index in [4.69, 9.17) is 4.42 Å². The minimum absolute atomic E-state index is 0.0307. The summed E-state index contributed by atoms with van der Waals surface area (Å²) in [5.74, 6) is 0.898. The van der Waals surface area contributed by atoms with Crippen molar-refractivity contribution < 1.29 is 9.52 Å². The second kappa shape index (κ2) is 4.85. The first-order valence-corrected chi connectivity index (χ1v) is 7.84. The topological polar surface area (TPSA) is 50.4 Å². The summed E-state index contributed by atoms with van der Waals surface area (Å²) in [5, 5.41) is 11.4. The van der Waals surface area contributed by atoms with E-state index < -0.39 is 0 Å². The van der Waals surface area contributed by atoms with Gasteiger partial charge in [-0.15, -0.1) is 0 Å². The lowest BCUT2D eigenvalue weighted by Gasteiger charge is -2.21. The zero-order valence-electron chi connectivity index (χ0n) is 14.8. The molecule has 0 amide bonds. The van der Waals surface area contributed by atoms with Gasteiger partial charge in [-0.05, 0) is 70.7 Å². The highest BCUT2D eigenvalue weighted by Gasteiger charge is 2.24. The molecule has 1 aromatic rings. The Morgan fingerprint density at radius 2 is 1.30 bits per heavy atom. The summed E-state index contributed by atoms with van der Waals surface area (Å²) in [6.07, 6.45) is 0. The van der Waals surface area contributed by atoms with Crippen LogP contribution in [0.4, 0.5) is 0 Å². The summed E-state index contributed by atoms with van der Waals surface area (Å²) in [4.78, 5) is 12.4. The van der Waals surface area contributed by atoms with Gasteiger partial charge in [0.2, 0.25) is 0 Å². The van der Waals surface area contributed by atoms with Crippen molar-refractivity contribution in [2.45, 2.75) is 48.5 Å². The number of benzene rings is 2. The molecule has 0 radical (unpaired) electrons. The lowest BCUT2D eigenvalue weighted by molar-refractivity contribution is 0.465. The fraction of sp³-hybridized carbons (Fsp3) is 0.350. The molecule has 1 aromatic carbocycles. The maximum Gasteiger partial charge on any atom is 0.188 e. The summed E-state index contributed by atoms with van der Waals surface area (Å²) in [6.45, 7) is 13.5. The Bertz CT molecular complexity index is 1010. The molecule has 0 saturated heterocycles. The Balaban J connectivity index is 2.74. The first-order chi connectivity index (χ1) is 10.7. The number of hydrogen-bond acceptors (Lipinski definition) is 3. The molecule has 3 heteroatoms. The van der Waals surface area contributed by atoms with Crippen LogP contribution in [0.15, 0.2) is 9.21 Å². The van der Waals surface area contributed by atoms with E-state index in [0.717, 1.165) is 44.3 Å². The van der Waals surface area contributed by atoms with Crippen molar-refractivity contribution in [3.05, 3.63) is 49.2 Å². The molecule has 0 aromatic heterocycles. The fourth-order valence-electron chi connectivity index (χ4n) is 3.60. The number of hydrogen-bond donors (Lipinski definition) is 1. The van der Waals surface area contributed by atoms with Crippen molar-refractivity contribution in [3.63, 3.8) is 0 Å². The molecule has 0 spiro atoms. The SMILES string of the molecule is Cc1c2c(C)c3c(C)c(C)c(O)c(C)c3oc-2c(C)c(=O)c1C. The minimum atomic E-state index is 0.0307. The summed E-state index contributed by atoms with van der Waals surface area (Å²) in [6, 6.07) is 0. The number of phenols is 1. The highest BCUT2D eigenvalue weighted by atomic mass is 16.3. The van der Waals surface area contributed by atoms with E-state index in [0.29, 0.717) is 16.9 Å². The smallest absolute Gasteiger partial charge is 0.188 e. The molecule has 0 fully saturated rings. The molecule has 0 atom stereocenters. The predicted octanol–water partition coefficient (Wildman–Crippen LogP) is 4.76. The van der Waals surface area contributed by atoms with Gasteiger partial charge in [0, 0.05) is 27.6 Å². The normalized spacial score (nSPS) is 11.6. The fourth-order valence-corrected chi connectivity index (χ4v) is 3.60. The Morgan fingerprint density at radius 1 is 0.696 bits per heavy atom. The second-order valence-corrected chi connectivity index (χ2v) is 6.56. The Kier molecular flexibility index (Phi) is 3.29. The third-order valence-corrected chi connectivity index (χ3v) is 5.36. The molecule has 0 unspecified atom stereocenters. The number of rotatable bonds is 0. The monoisotopic (exact) mass is 310 g/mol. The first kappa shape index (κ1) is 15.6. The largest absolute Gasteiger partial charge is 0.507 e. The van der Waals surface area contributed by atoms with Gasteiger partial charge < -0.3 is 9.52 Å². The third-order valence-electron chi connectivity index (χ3n) is 5.36. The summed E-state index contributed by atoms with van der Waals surface area (Å²) < 4.78 is 6.16. The molecule has 23 heavy (non-hydrogen) atoms. The van der Waals surface area contributed by atoms with Crippen molar-refractivity contribution in [2.75, 3.05) is 0 Å². The molecule has 1 heterocycles. The lowest BCUT2D eigenvalue weighted by Crippen LogP contribution is -2.14. The lowest BCUT2D eigenvalue weighted by atomic mass is 9.88. The Morgan fingerprint density at radius 3 is 1.91 bits per heavy atom. The molecule has 2 aliphatic rings. The second-order valence-electron chi connectivity index (χ2n) is 6.56. The van der Waals surface area contributed by atoms with E-state index in [9.17, 15) is 9.90 Å². The Labute approximate surface area is 135 Å². The van der Waals surface area contributed by atoms with Gasteiger partial charge in [-0.2, -0.15) is 0 Å². The molecule has 3 nitrogen and oxygen atoms in total. The predicted molar refractivity (Wildman–Crippen MR) is 93.9 cm³/mol. The summed E-state index contributed by atoms with van der Waals surface area (Å²) >= 11 is 0. The molecule has 1 aliphatic heterocycles. The van der Waals surface area contributed by atoms with Gasteiger partial charge in [-0.25, -0.2) is 0 Å². The van der Waals surface area contributed by atoms with Gasteiger partial charge >= 0.3 is 0 Å². The van der Waals surface area contributed by atoms with Crippen molar-refractivity contribution in [1.29, 1.82) is 0 Å². The van der Waals surface area contributed by atoms with Crippen LogP contribution in [0.25, 0.3) is 22.3 Å². The van der Waals surface area contributed by atoms with Gasteiger partial charge in [0.1, 0.15) is 17.1 Å². The molecule has 3 rings (SSSR count). The van der Waals surface area contributed by atoms with E-state index in [1.54, 1.807) is 0 Å². The number of aromatic hydroxyl groups is 1. The summed E-state index contributed by atoms with van der Waals surface area (Å²) in [5.41, 5.74) is 7.81. The molecule has 1 N–H and O–H groups in total. The van der Waals surface area contributed by atoms with Gasteiger partial charge in [-0.3, -0.25) is 4.79 Å². The van der Waals surface area contributed by atoms with Crippen LogP contribution < -0.4 is 5.43 Å². The average Bonchev–Trinajstić information content (AvgIpc) is 2.53. The van der Waals surface area contributed by atoms with Crippen molar-refractivity contribution in [1.82, 2.24) is 0 Å². The van der Waals surface area contributed by atoms with E-state index in [2.05, 4.69) is 6.92 Å². The van der Waals surface area contributed by atoms with Crippen LogP contribution >= 0.6 is 0 Å². The zero-order chi connectivity index (χ0) is 17.2. The highest BCUT2D eigenvalue weighted by molar-refractivity contribution is 5.95.